The molecule has 2 aliphatic rings. The number of hydrogen-bond donors (Lipinski definition) is 2. The second-order valence-electron chi connectivity index (χ2n) is 6.11. The Hall–Kier alpha value is -0.650. The van der Waals surface area contributed by atoms with Crippen molar-refractivity contribution in [1.29, 1.82) is 0 Å². The molecule has 0 spiro atoms. The van der Waals surface area contributed by atoms with Gasteiger partial charge in [-0.15, -0.1) is 0 Å². The van der Waals surface area contributed by atoms with Crippen molar-refractivity contribution in [3.8, 4) is 0 Å². The van der Waals surface area contributed by atoms with E-state index in [0.29, 0.717) is 25.3 Å². The fraction of sp³-hybridized carbons (Fsp3) is 0.933. The quantitative estimate of drug-likeness (QED) is 0.781. The zero-order valence-electron chi connectivity index (χ0n) is 12.9. The van der Waals surface area contributed by atoms with Gasteiger partial charge in [0.05, 0.1) is 19.3 Å². The highest BCUT2D eigenvalue weighted by molar-refractivity contribution is 5.81. The zero-order chi connectivity index (χ0) is 14.4. The van der Waals surface area contributed by atoms with Gasteiger partial charge in [0.2, 0.25) is 5.91 Å². The average Bonchev–Trinajstić information content (AvgIpc) is 2.48. The Morgan fingerprint density at radius 1 is 1.35 bits per heavy atom. The molecule has 0 aromatic carbocycles. The second-order valence-corrected chi connectivity index (χ2v) is 6.11. The molecule has 2 N–H and O–H groups in total. The number of carbonyl (C=O) groups is 1. The molecule has 5 heteroatoms. The van der Waals surface area contributed by atoms with Crippen molar-refractivity contribution >= 4 is 5.91 Å². The SMILES string of the molecule is CC(CC1CCCCN1)NC(C)C(=O)N1CCOCC1. The van der Waals surface area contributed by atoms with Crippen LogP contribution in [0.1, 0.15) is 39.5 Å². The molecule has 3 atom stereocenters. The van der Waals surface area contributed by atoms with Crippen LogP contribution in [0.25, 0.3) is 0 Å². The van der Waals surface area contributed by atoms with E-state index in [1.807, 2.05) is 11.8 Å². The molecule has 0 saturated carbocycles. The first kappa shape index (κ1) is 15.7. The first-order chi connectivity index (χ1) is 9.66. The lowest BCUT2D eigenvalue weighted by Crippen LogP contribution is -2.52. The lowest BCUT2D eigenvalue weighted by molar-refractivity contribution is -0.137. The number of morpholine rings is 1. The number of rotatable bonds is 5. The molecular formula is C15H29N3O2. The number of carbonyl (C=O) groups excluding carboxylic acids is 1. The Labute approximate surface area is 122 Å². The summed E-state index contributed by atoms with van der Waals surface area (Å²) in [7, 11) is 0. The monoisotopic (exact) mass is 283 g/mol. The molecule has 0 aliphatic carbocycles. The van der Waals surface area contributed by atoms with Crippen LogP contribution >= 0.6 is 0 Å². The van der Waals surface area contributed by atoms with Crippen molar-refractivity contribution in [1.82, 2.24) is 15.5 Å². The van der Waals surface area contributed by atoms with Gasteiger partial charge in [-0.3, -0.25) is 4.79 Å². The van der Waals surface area contributed by atoms with Gasteiger partial charge in [0, 0.05) is 25.2 Å². The minimum atomic E-state index is -0.105. The summed E-state index contributed by atoms with van der Waals surface area (Å²) in [5, 5.41) is 7.02. The van der Waals surface area contributed by atoms with E-state index in [-0.39, 0.29) is 11.9 Å². The van der Waals surface area contributed by atoms with Crippen molar-refractivity contribution in [3.05, 3.63) is 0 Å². The van der Waals surface area contributed by atoms with Gasteiger partial charge < -0.3 is 20.3 Å². The Balaban J connectivity index is 1.71. The summed E-state index contributed by atoms with van der Waals surface area (Å²) in [4.78, 5) is 14.2. The average molecular weight is 283 g/mol. The van der Waals surface area contributed by atoms with Crippen LogP contribution in [0.15, 0.2) is 0 Å². The van der Waals surface area contributed by atoms with Gasteiger partial charge in [-0.05, 0) is 39.7 Å². The highest BCUT2D eigenvalue weighted by Crippen LogP contribution is 2.12. The van der Waals surface area contributed by atoms with Crippen LogP contribution in [0.2, 0.25) is 0 Å². The van der Waals surface area contributed by atoms with Gasteiger partial charge in [0.15, 0.2) is 0 Å². The molecule has 0 aromatic heterocycles. The van der Waals surface area contributed by atoms with Crippen molar-refractivity contribution in [3.63, 3.8) is 0 Å². The minimum absolute atomic E-state index is 0.105. The van der Waals surface area contributed by atoms with E-state index in [4.69, 9.17) is 4.74 Å². The standard InChI is InChI=1S/C15H29N3O2/c1-12(11-14-5-3-4-6-16-14)17-13(2)15(19)18-7-9-20-10-8-18/h12-14,16-17H,3-11H2,1-2H3. The van der Waals surface area contributed by atoms with Crippen molar-refractivity contribution in [2.24, 2.45) is 0 Å². The highest BCUT2D eigenvalue weighted by Gasteiger charge is 2.24. The molecule has 0 bridgehead atoms. The summed E-state index contributed by atoms with van der Waals surface area (Å²) in [6.07, 6.45) is 4.98. The molecule has 2 fully saturated rings. The fourth-order valence-electron chi connectivity index (χ4n) is 3.18. The third kappa shape index (κ3) is 4.72. The maximum Gasteiger partial charge on any atom is 0.239 e. The van der Waals surface area contributed by atoms with Crippen LogP contribution in [0, 0.1) is 0 Å². The van der Waals surface area contributed by atoms with E-state index >= 15 is 0 Å². The number of ether oxygens (including phenoxy) is 1. The van der Waals surface area contributed by atoms with Gasteiger partial charge in [-0.25, -0.2) is 0 Å². The Bertz CT molecular complexity index is 299. The predicted molar refractivity (Wildman–Crippen MR) is 79.7 cm³/mol. The van der Waals surface area contributed by atoms with Crippen LogP contribution in [0.3, 0.4) is 0 Å². The number of nitrogens with one attached hydrogen (secondary N) is 2. The molecule has 2 rings (SSSR count). The lowest BCUT2D eigenvalue weighted by Gasteiger charge is -2.32. The highest BCUT2D eigenvalue weighted by atomic mass is 16.5. The van der Waals surface area contributed by atoms with Gasteiger partial charge in [0.1, 0.15) is 0 Å². The molecular weight excluding hydrogens is 254 g/mol. The van der Waals surface area contributed by atoms with Crippen molar-refractivity contribution in [2.45, 2.75) is 57.7 Å². The molecule has 20 heavy (non-hydrogen) atoms. The smallest absolute Gasteiger partial charge is 0.239 e. The number of piperidine rings is 1. The van der Waals surface area contributed by atoms with Gasteiger partial charge >= 0.3 is 0 Å². The van der Waals surface area contributed by atoms with Crippen LogP contribution in [0.5, 0.6) is 0 Å². The van der Waals surface area contributed by atoms with E-state index in [1.165, 1.54) is 19.3 Å². The zero-order valence-corrected chi connectivity index (χ0v) is 12.9. The maximum atomic E-state index is 12.3. The van der Waals surface area contributed by atoms with Gasteiger partial charge in [-0.1, -0.05) is 6.42 Å². The molecule has 0 aromatic rings. The molecule has 2 saturated heterocycles. The fourth-order valence-corrected chi connectivity index (χ4v) is 3.18. The largest absolute Gasteiger partial charge is 0.378 e. The summed E-state index contributed by atoms with van der Waals surface area (Å²) < 4.78 is 5.29. The van der Waals surface area contributed by atoms with Crippen LogP contribution in [0.4, 0.5) is 0 Å². The first-order valence-corrected chi connectivity index (χ1v) is 8.03. The third-order valence-electron chi connectivity index (χ3n) is 4.28. The Morgan fingerprint density at radius 3 is 2.75 bits per heavy atom. The Morgan fingerprint density at radius 2 is 2.10 bits per heavy atom. The van der Waals surface area contributed by atoms with E-state index in [0.717, 1.165) is 26.1 Å². The summed E-state index contributed by atoms with van der Waals surface area (Å²) in [6, 6.07) is 0.870. The topological polar surface area (TPSA) is 53.6 Å². The van der Waals surface area contributed by atoms with Crippen molar-refractivity contribution in [2.75, 3.05) is 32.8 Å². The summed E-state index contributed by atoms with van der Waals surface area (Å²) in [6.45, 7) is 8.08. The van der Waals surface area contributed by atoms with E-state index < -0.39 is 0 Å². The lowest BCUT2D eigenvalue weighted by atomic mass is 9.98. The van der Waals surface area contributed by atoms with E-state index in [9.17, 15) is 4.79 Å². The summed E-state index contributed by atoms with van der Waals surface area (Å²) >= 11 is 0. The van der Waals surface area contributed by atoms with E-state index in [1.54, 1.807) is 0 Å². The number of nitrogens with zero attached hydrogens (tertiary/aromatic N) is 1. The van der Waals surface area contributed by atoms with Crippen LogP contribution in [-0.4, -0.2) is 61.8 Å². The molecule has 5 nitrogen and oxygen atoms in total. The molecule has 3 unspecified atom stereocenters. The van der Waals surface area contributed by atoms with E-state index in [2.05, 4.69) is 17.6 Å². The number of hydrogen-bond acceptors (Lipinski definition) is 4. The predicted octanol–water partition coefficient (Wildman–Crippen LogP) is 0.744. The van der Waals surface area contributed by atoms with Crippen LogP contribution < -0.4 is 10.6 Å². The molecule has 2 aliphatic heterocycles. The molecule has 1 amide bonds. The maximum absolute atomic E-state index is 12.3. The molecule has 0 radical (unpaired) electrons. The first-order valence-electron chi connectivity index (χ1n) is 8.03. The molecule has 116 valence electrons. The van der Waals surface area contributed by atoms with Crippen molar-refractivity contribution < 1.29 is 9.53 Å². The Kier molecular flexibility index (Phi) is 6.26. The minimum Gasteiger partial charge on any atom is -0.378 e. The summed E-state index contributed by atoms with van der Waals surface area (Å²) in [5.41, 5.74) is 0. The summed E-state index contributed by atoms with van der Waals surface area (Å²) in [5.74, 6) is 0.205. The van der Waals surface area contributed by atoms with Crippen LogP contribution in [-0.2, 0) is 9.53 Å². The normalized spacial score (nSPS) is 27.1. The third-order valence-corrected chi connectivity index (χ3v) is 4.28. The van der Waals surface area contributed by atoms with Gasteiger partial charge in [0.25, 0.3) is 0 Å². The molecule has 2 heterocycles. The van der Waals surface area contributed by atoms with Gasteiger partial charge in [-0.2, -0.15) is 0 Å². The number of amides is 1. The second kappa shape index (κ2) is 7.96.